The number of carboxylic acids is 1. The second kappa shape index (κ2) is 5.50. The van der Waals surface area contributed by atoms with Crippen molar-refractivity contribution in [1.82, 2.24) is 9.80 Å². The van der Waals surface area contributed by atoms with Crippen molar-refractivity contribution in [3.8, 4) is 0 Å². The van der Waals surface area contributed by atoms with Gasteiger partial charge in [0.15, 0.2) is 0 Å². The van der Waals surface area contributed by atoms with E-state index in [0.717, 1.165) is 11.1 Å². The fourth-order valence-electron chi connectivity index (χ4n) is 2.20. The zero-order chi connectivity index (χ0) is 14.9. The minimum atomic E-state index is -0.969. The van der Waals surface area contributed by atoms with E-state index in [1.807, 2.05) is 0 Å². The largest absolute Gasteiger partial charge is 0.478 e. The van der Waals surface area contributed by atoms with E-state index in [1.54, 1.807) is 37.1 Å². The van der Waals surface area contributed by atoms with Crippen LogP contribution in [0.5, 0.6) is 0 Å². The summed E-state index contributed by atoms with van der Waals surface area (Å²) in [5.74, 6) is -0.969. The Morgan fingerprint density at radius 1 is 1.35 bits per heavy atom. The van der Waals surface area contributed by atoms with Crippen molar-refractivity contribution >= 4 is 12.0 Å². The number of amides is 2. The highest BCUT2D eigenvalue weighted by Gasteiger charge is 2.27. The molecule has 0 bridgehead atoms. The third-order valence-electron chi connectivity index (χ3n) is 3.67. The molecule has 0 spiro atoms. The number of aliphatic hydroxyl groups is 1. The molecule has 1 heterocycles. The van der Waals surface area contributed by atoms with Crippen LogP contribution in [0.2, 0.25) is 0 Å². The van der Waals surface area contributed by atoms with E-state index in [0.29, 0.717) is 13.1 Å². The molecule has 2 N–H and O–H groups in total. The Kier molecular flexibility index (Phi) is 3.94. The molecular weight excluding hydrogens is 260 g/mol. The second-order valence-electron chi connectivity index (χ2n) is 5.07. The first-order chi connectivity index (χ1) is 9.43. The lowest BCUT2D eigenvalue weighted by molar-refractivity contribution is 0.0696. The van der Waals surface area contributed by atoms with Gasteiger partial charge in [-0.15, -0.1) is 0 Å². The van der Waals surface area contributed by atoms with Crippen molar-refractivity contribution in [2.45, 2.75) is 26.1 Å². The maximum absolute atomic E-state index is 12.3. The molecule has 0 fully saturated rings. The Morgan fingerprint density at radius 3 is 2.60 bits per heavy atom. The lowest BCUT2D eigenvalue weighted by Gasteiger charge is -2.28. The number of likely N-dealkylation sites (N-methyl/N-ethyl adjacent to an activating group) is 1. The van der Waals surface area contributed by atoms with Crippen molar-refractivity contribution in [3.05, 3.63) is 34.9 Å². The first-order valence-corrected chi connectivity index (χ1v) is 6.41. The number of carboxylic acid groups (broad SMARTS) is 1. The maximum atomic E-state index is 12.3. The Hall–Kier alpha value is -2.08. The van der Waals surface area contributed by atoms with E-state index in [9.17, 15) is 9.59 Å². The molecular formula is C14H18N2O4. The lowest BCUT2D eigenvalue weighted by atomic mass is 10.1. The molecule has 1 unspecified atom stereocenters. The van der Waals surface area contributed by atoms with Gasteiger partial charge in [-0.25, -0.2) is 9.59 Å². The van der Waals surface area contributed by atoms with Crippen LogP contribution >= 0.6 is 0 Å². The number of hydrogen-bond acceptors (Lipinski definition) is 3. The monoisotopic (exact) mass is 278 g/mol. The third-order valence-corrected chi connectivity index (χ3v) is 3.67. The predicted octanol–water partition coefficient (Wildman–Crippen LogP) is 1.13. The fraction of sp³-hybridized carbons (Fsp3) is 0.429. The summed E-state index contributed by atoms with van der Waals surface area (Å²) in [5.41, 5.74) is 2.06. The molecule has 0 saturated carbocycles. The third kappa shape index (κ3) is 2.60. The lowest BCUT2D eigenvalue weighted by Crippen LogP contribution is -2.44. The molecule has 2 amide bonds. The van der Waals surface area contributed by atoms with Crippen molar-refractivity contribution in [3.63, 3.8) is 0 Å². The van der Waals surface area contributed by atoms with E-state index >= 15 is 0 Å². The molecule has 0 radical (unpaired) electrons. The van der Waals surface area contributed by atoms with Crippen molar-refractivity contribution in [2.75, 3.05) is 13.7 Å². The van der Waals surface area contributed by atoms with Crippen LogP contribution in [0.15, 0.2) is 18.2 Å². The number of urea groups is 1. The highest BCUT2D eigenvalue weighted by Crippen LogP contribution is 2.25. The summed E-state index contributed by atoms with van der Waals surface area (Å²) in [7, 11) is 1.65. The number of hydrogen-bond donors (Lipinski definition) is 2. The zero-order valence-corrected chi connectivity index (χ0v) is 11.5. The Bertz CT molecular complexity index is 544. The number of carbonyl (C=O) groups excluding carboxylic acids is 1. The molecule has 108 valence electrons. The molecule has 1 aromatic rings. The van der Waals surface area contributed by atoms with Gasteiger partial charge in [0.2, 0.25) is 0 Å². The molecule has 1 aliphatic heterocycles. The fourth-order valence-corrected chi connectivity index (χ4v) is 2.20. The number of rotatable bonds is 3. The molecule has 0 aromatic heterocycles. The van der Waals surface area contributed by atoms with Gasteiger partial charge >= 0.3 is 12.0 Å². The minimum absolute atomic E-state index is 0.0911. The highest BCUT2D eigenvalue weighted by atomic mass is 16.4. The van der Waals surface area contributed by atoms with Gasteiger partial charge in [-0.1, -0.05) is 6.07 Å². The van der Waals surface area contributed by atoms with Gasteiger partial charge in [-0.3, -0.25) is 0 Å². The molecule has 6 nitrogen and oxygen atoms in total. The molecule has 1 atom stereocenters. The number of carbonyl (C=O) groups is 2. The molecule has 0 aliphatic carbocycles. The van der Waals surface area contributed by atoms with Crippen LogP contribution in [-0.4, -0.2) is 51.7 Å². The van der Waals surface area contributed by atoms with Gasteiger partial charge < -0.3 is 20.0 Å². The van der Waals surface area contributed by atoms with E-state index in [-0.39, 0.29) is 24.2 Å². The standard InChI is InChI=1S/C14H18N2O4/c1-9(8-17)15(2)14(20)16-6-11-4-3-10(13(18)19)5-12(11)7-16/h3-5,9,17H,6-8H2,1-2H3,(H,18,19). The average Bonchev–Trinajstić information content (AvgIpc) is 2.87. The zero-order valence-electron chi connectivity index (χ0n) is 11.5. The molecule has 20 heavy (non-hydrogen) atoms. The summed E-state index contributed by atoms with van der Waals surface area (Å²) in [5, 5.41) is 18.1. The van der Waals surface area contributed by atoms with Crippen LogP contribution in [0, 0.1) is 0 Å². The Labute approximate surface area is 117 Å². The topological polar surface area (TPSA) is 81.1 Å². The second-order valence-corrected chi connectivity index (χ2v) is 5.07. The average molecular weight is 278 g/mol. The maximum Gasteiger partial charge on any atom is 0.335 e. The molecule has 2 rings (SSSR count). The van der Waals surface area contributed by atoms with Gasteiger partial charge in [-0.2, -0.15) is 0 Å². The number of nitrogens with zero attached hydrogens (tertiary/aromatic N) is 2. The van der Waals surface area contributed by atoms with E-state index in [1.165, 1.54) is 4.90 Å². The SMILES string of the molecule is CC(CO)N(C)C(=O)N1Cc2ccc(C(=O)O)cc2C1. The minimum Gasteiger partial charge on any atom is -0.478 e. The van der Waals surface area contributed by atoms with Crippen LogP contribution in [0.3, 0.4) is 0 Å². The van der Waals surface area contributed by atoms with Gasteiger partial charge in [-0.05, 0) is 30.2 Å². The van der Waals surface area contributed by atoms with Gasteiger partial charge in [0.1, 0.15) is 0 Å². The number of fused-ring (bicyclic) bond motifs is 1. The predicted molar refractivity (Wildman–Crippen MR) is 72.4 cm³/mol. The summed E-state index contributed by atoms with van der Waals surface area (Å²) in [6.45, 7) is 2.55. The van der Waals surface area contributed by atoms with Gasteiger partial charge in [0, 0.05) is 20.1 Å². The first kappa shape index (κ1) is 14.3. The van der Waals surface area contributed by atoms with E-state index in [2.05, 4.69) is 0 Å². The molecule has 1 aromatic carbocycles. The van der Waals surface area contributed by atoms with Crippen LogP contribution in [0.25, 0.3) is 0 Å². The Morgan fingerprint density at radius 2 is 2.00 bits per heavy atom. The van der Waals surface area contributed by atoms with E-state index in [4.69, 9.17) is 10.2 Å². The number of aromatic carboxylic acids is 1. The summed E-state index contributed by atoms with van der Waals surface area (Å²) < 4.78 is 0. The quantitative estimate of drug-likeness (QED) is 0.868. The van der Waals surface area contributed by atoms with E-state index < -0.39 is 5.97 Å². The van der Waals surface area contributed by atoms with Crippen LogP contribution in [0.4, 0.5) is 4.79 Å². The van der Waals surface area contributed by atoms with Crippen LogP contribution in [-0.2, 0) is 13.1 Å². The summed E-state index contributed by atoms with van der Waals surface area (Å²) in [6, 6.07) is 4.50. The number of aliphatic hydroxyl groups excluding tert-OH is 1. The van der Waals surface area contributed by atoms with Crippen LogP contribution in [0.1, 0.15) is 28.4 Å². The van der Waals surface area contributed by atoms with Gasteiger partial charge in [0.25, 0.3) is 0 Å². The summed E-state index contributed by atoms with van der Waals surface area (Å²) in [6.07, 6.45) is 0. The first-order valence-electron chi connectivity index (χ1n) is 6.41. The molecule has 0 saturated heterocycles. The summed E-state index contributed by atoms with van der Waals surface area (Å²) >= 11 is 0. The van der Waals surface area contributed by atoms with Crippen LogP contribution < -0.4 is 0 Å². The van der Waals surface area contributed by atoms with Crippen molar-refractivity contribution in [2.24, 2.45) is 0 Å². The smallest absolute Gasteiger partial charge is 0.335 e. The van der Waals surface area contributed by atoms with Gasteiger partial charge in [0.05, 0.1) is 18.2 Å². The highest BCUT2D eigenvalue weighted by molar-refractivity contribution is 5.88. The van der Waals surface area contributed by atoms with Crippen molar-refractivity contribution < 1.29 is 19.8 Å². The molecule has 1 aliphatic rings. The molecule has 6 heteroatoms. The summed E-state index contributed by atoms with van der Waals surface area (Å²) in [4.78, 5) is 26.3. The number of benzene rings is 1. The Balaban J connectivity index is 2.13. The normalized spacial score (nSPS) is 14.8. The van der Waals surface area contributed by atoms with Crippen molar-refractivity contribution in [1.29, 1.82) is 0 Å².